The van der Waals surface area contributed by atoms with E-state index >= 15 is 0 Å². The SMILES string of the molecule is NS(=O)(=O)c1ccc(Oc2ccccc2Cl)cc1. The van der Waals surface area contributed by atoms with E-state index in [9.17, 15) is 8.42 Å². The Bertz CT molecular complexity index is 653. The lowest BCUT2D eigenvalue weighted by atomic mass is 10.3. The summed E-state index contributed by atoms with van der Waals surface area (Å²) in [5, 5.41) is 5.47. The van der Waals surface area contributed by atoms with Crippen molar-refractivity contribution in [3.8, 4) is 11.5 Å². The van der Waals surface area contributed by atoms with Gasteiger partial charge in [-0.1, -0.05) is 23.7 Å². The van der Waals surface area contributed by atoms with Crippen molar-refractivity contribution in [2.45, 2.75) is 4.90 Å². The topological polar surface area (TPSA) is 69.4 Å². The number of hydrogen-bond donors (Lipinski definition) is 1. The second-order valence-corrected chi connectivity index (χ2v) is 5.52. The average Bonchev–Trinajstić information content (AvgIpc) is 2.32. The summed E-state index contributed by atoms with van der Waals surface area (Å²) in [5.74, 6) is 0.984. The van der Waals surface area contributed by atoms with Gasteiger partial charge in [0.2, 0.25) is 10.0 Å². The van der Waals surface area contributed by atoms with Gasteiger partial charge in [0.15, 0.2) is 0 Å². The molecule has 4 nitrogen and oxygen atoms in total. The largest absolute Gasteiger partial charge is 0.456 e. The number of para-hydroxylation sites is 1. The third kappa shape index (κ3) is 3.01. The maximum Gasteiger partial charge on any atom is 0.238 e. The summed E-state index contributed by atoms with van der Waals surface area (Å²) >= 11 is 5.94. The number of halogens is 1. The molecule has 0 saturated carbocycles. The van der Waals surface area contributed by atoms with Gasteiger partial charge in [-0.3, -0.25) is 0 Å². The molecule has 0 atom stereocenters. The van der Waals surface area contributed by atoms with Gasteiger partial charge in [-0.05, 0) is 36.4 Å². The molecule has 2 aromatic carbocycles. The molecule has 0 aliphatic heterocycles. The summed E-state index contributed by atoms with van der Waals surface area (Å²) in [4.78, 5) is 0.0361. The van der Waals surface area contributed by atoms with Gasteiger partial charge in [0.05, 0.1) is 9.92 Å². The molecule has 0 unspecified atom stereocenters. The first kappa shape index (κ1) is 12.9. The fourth-order valence-corrected chi connectivity index (χ4v) is 2.04. The van der Waals surface area contributed by atoms with Crippen molar-refractivity contribution < 1.29 is 13.2 Å². The first-order valence-electron chi connectivity index (χ1n) is 5.02. The van der Waals surface area contributed by atoms with Crippen molar-refractivity contribution in [2.75, 3.05) is 0 Å². The zero-order chi connectivity index (χ0) is 13.2. The van der Waals surface area contributed by atoms with Crippen molar-refractivity contribution in [2.24, 2.45) is 5.14 Å². The molecule has 18 heavy (non-hydrogen) atoms. The molecule has 0 aromatic heterocycles. The molecule has 6 heteroatoms. The maximum absolute atomic E-state index is 11.1. The van der Waals surface area contributed by atoms with E-state index in [-0.39, 0.29) is 4.90 Å². The number of ether oxygens (including phenoxy) is 1. The molecule has 2 aromatic rings. The van der Waals surface area contributed by atoms with Gasteiger partial charge in [-0.15, -0.1) is 0 Å². The quantitative estimate of drug-likeness (QED) is 0.941. The Morgan fingerprint density at radius 3 is 2.17 bits per heavy atom. The van der Waals surface area contributed by atoms with E-state index in [2.05, 4.69) is 0 Å². The number of hydrogen-bond acceptors (Lipinski definition) is 3. The number of nitrogens with two attached hydrogens (primary N) is 1. The van der Waals surface area contributed by atoms with Crippen LogP contribution in [0.3, 0.4) is 0 Å². The van der Waals surface area contributed by atoms with E-state index in [1.165, 1.54) is 24.3 Å². The van der Waals surface area contributed by atoms with Crippen LogP contribution in [-0.4, -0.2) is 8.42 Å². The molecule has 0 heterocycles. The van der Waals surface area contributed by atoms with Crippen molar-refractivity contribution in [1.29, 1.82) is 0 Å². The molecule has 2 rings (SSSR count). The number of benzene rings is 2. The lowest BCUT2D eigenvalue weighted by Gasteiger charge is -2.07. The van der Waals surface area contributed by atoms with Crippen LogP contribution in [0.2, 0.25) is 5.02 Å². The van der Waals surface area contributed by atoms with Crippen LogP contribution in [-0.2, 0) is 10.0 Å². The molecule has 0 fully saturated rings. The lowest BCUT2D eigenvalue weighted by Crippen LogP contribution is -2.11. The van der Waals surface area contributed by atoms with Gasteiger partial charge in [0, 0.05) is 0 Å². The molecule has 0 aliphatic carbocycles. The van der Waals surface area contributed by atoms with Gasteiger partial charge in [-0.2, -0.15) is 0 Å². The van der Waals surface area contributed by atoms with E-state index in [0.717, 1.165) is 0 Å². The molecular formula is C12H10ClNO3S. The van der Waals surface area contributed by atoms with Gasteiger partial charge >= 0.3 is 0 Å². The van der Waals surface area contributed by atoms with Crippen molar-refractivity contribution in [1.82, 2.24) is 0 Å². The minimum atomic E-state index is -3.68. The van der Waals surface area contributed by atoms with Crippen molar-refractivity contribution in [3.63, 3.8) is 0 Å². The van der Waals surface area contributed by atoms with Crippen LogP contribution in [0.4, 0.5) is 0 Å². The van der Waals surface area contributed by atoms with E-state index < -0.39 is 10.0 Å². The predicted molar refractivity (Wildman–Crippen MR) is 69.3 cm³/mol. The number of primary sulfonamides is 1. The predicted octanol–water partition coefficient (Wildman–Crippen LogP) is 2.78. The summed E-state index contributed by atoms with van der Waals surface area (Å²) in [5.41, 5.74) is 0. The Morgan fingerprint density at radius 1 is 1.00 bits per heavy atom. The van der Waals surface area contributed by atoms with Crippen LogP contribution < -0.4 is 9.88 Å². The third-order valence-corrected chi connectivity index (χ3v) is 3.46. The minimum Gasteiger partial charge on any atom is -0.456 e. The molecule has 0 saturated heterocycles. The Morgan fingerprint density at radius 2 is 1.61 bits per heavy atom. The highest BCUT2D eigenvalue weighted by Gasteiger charge is 2.08. The highest BCUT2D eigenvalue weighted by atomic mass is 35.5. The normalized spacial score (nSPS) is 11.2. The summed E-state index contributed by atoms with van der Waals surface area (Å²) < 4.78 is 27.7. The first-order valence-corrected chi connectivity index (χ1v) is 6.94. The maximum atomic E-state index is 11.1. The van der Waals surface area contributed by atoms with Crippen molar-refractivity contribution >= 4 is 21.6 Å². The molecule has 94 valence electrons. The van der Waals surface area contributed by atoms with Gasteiger partial charge < -0.3 is 4.74 Å². The Labute approximate surface area is 110 Å². The lowest BCUT2D eigenvalue weighted by molar-refractivity contribution is 0.482. The number of sulfonamides is 1. The van der Waals surface area contributed by atoms with E-state index in [0.29, 0.717) is 16.5 Å². The van der Waals surface area contributed by atoms with Gasteiger partial charge in [0.25, 0.3) is 0 Å². The molecule has 0 bridgehead atoms. The zero-order valence-electron chi connectivity index (χ0n) is 9.21. The van der Waals surface area contributed by atoms with Crippen LogP contribution in [0.25, 0.3) is 0 Å². The van der Waals surface area contributed by atoms with Crippen LogP contribution in [0.1, 0.15) is 0 Å². The second-order valence-electron chi connectivity index (χ2n) is 3.55. The smallest absolute Gasteiger partial charge is 0.238 e. The van der Waals surface area contributed by atoms with E-state index in [1.807, 2.05) is 0 Å². The average molecular weight is 284 g/mol. The summed E-state index contributed by atoms with van der Waals surface area (Å²) in [7, 11) is -3.68. The summed E-state index contributed by atoms with van der Waals surface area (Å²) in [6.07, 6.45) is 0. The Kier molecular flexibility index (Phi) is 3.56. The second kappa shape index (κ2) is 4.97. The molecule has 0 radical (unpaired) electrons. The third-order valence-electron chi connectivity index (χ3n) is 2.22. The fourth-order valence-electron chi connectivity index (χ4n) is 1.35. The van der Waals surface area contributed by atoms with Gasteiger partial charge in [0.1, 0.15) is 11.5 Å². The minimum absolute atomic E-state index is 0.0361. The number of rotatable bonds is 3. The highest BCUT2D eigenvalue weighted by molar-refractivity contribution is 7.89. The first-order chi connectivity index (χ1) is 8.47. The van der Waals surface area contributed by atoms with Gasteiger partial charge in [-0.25, -0.2) is 13.6 Å². The van der Waals surface area contributed by atoms with Crippen molar-refractivity contribution in [3.05, 3.63) is 53.6 Å². The molecule has 0 amide bonds. The molecule has 0 spiro atoms. The van der Waals surface area contributed by atoms with Crippen LogP contribution >= 0.6 is 11.6 Å². The molecule has 2 N–H and O–H groups in total. The summed E-state index contributed by atoms with van der Waals surface area (Å²) in [6.45, 7) is 0. The highest BCUT2D eigenvalue weighted by Crippen LogP contribution is 2.29. The van der Waals surface area contributed by atoms with E-state index in [1.54, 1.807) is 24.3 Å². The van der Waals surface area contributed by atoms with E-state index in [4.69, 9.17) is 21.5 Å². The Balaban J connectivity index is 2.24. The van der Waals surface area contributed by atoms with Crippen LogP contribution in [0.5, 0.6) is 11.5 Å². The molecule has 0 aliphatic rings. The fraction of sp³-hybridized carbons (Fsp3) is 0. The monoisotopic (exact) mass is 283 g/mol. The summed E-state index contributed by atoms with van der Waals surface area (Å²) in [6, 6.07) is 12.8. The van der Waals surface area contributed by atoms with Crippen LogP contribution in [0, 0.1) is 0 Å². The standard InChI is InChI=1S/C12H10ClNO3S/c13-11-3-1-2-4-12(11)17-9-5-7-10(8-6-9)18(14,15)16/h1-8H,(H2,14,15,16). The molecular weight excluding hydrogens is 274 g/mol. The van der Waals surface area contributed by atoms with Crippen LogP contribution in [0.15, 0.2) is 53.4 Å². The Hall–Kier alpha value is -1.56. The zero-order valence-corrected chi connectivity index (χ0v) is 10.8.